The van der Waals surface area contributed by atoms with Crippen LogP contribution >= 0.6 is 0 Å². The molecule has 7 nitrogen and oxygen atoms in total. The average molecular weight is 418 g/mol. The van der Waals surface area contributed by atoms with Gasteiger partial charge in [-0.15, -0.1) is 0 Å². The van der Waals surface area contributed by atoms with Crippen LogP contribution in [0.25, 0.3) is 0 Å². The smallest absolute Gasteiger partial charge is 0.255 e. The van der Waals surface area contributed by atoms with Gasteiger partial charge in [-0.05, 0) is 55.3 Å². The Morgan fingerprint density at radius 2 is 1.72 bits per heavy atom. The predicted octanol–water partition coefficient (Wildman–Crippen LogP) is 2.64. The monoisotopic (exact) mass is 417 g/mol. The highest BCUT2D eigenvalue weighted by Gasteiger charge is 2.27. The Bertz CT molecular complexity index is 1010. The molecule has 0 unspecified atom stereocenters. The number of carbonyl (C=O) groups excluding carboxylic acids is 1. The average Bonchev–Trinajstić information content (AvgIpc) is 2.68. The van der Waals surface area contributed by atoms with Gasteiger partial charge in [0.2, 0.25) is 10.0 Å². The van der Waals surface area contributed by atoms with Gasteiger partial charge in [0.25, 0.3) is 5.91 Å². The number of morpholine rings is 1. The van der Waals surface area contributed by atoms with Crippen LogP contribution in [0.15, 0.2) is 41.3 Å². The molecule has 0 bridgehead atoms. The third-order valence-electron chi connectivity index (χ3n) is 5.00. The summed E-state index contributed by atoms with van der Waals surface area (Å²) in [6.07, 6.45) is 0. The second-order valence-electron chi connectivity index (χ2n) is 7.34. The molecule has 0 spiro atoms. The molecule has 0 aliphatic carbocycles. The van der Waals surface area contributed by atoms with Crippen LogP contribution in [0, 0.1) is 13.8 Å². The number of rotatable bonds is 5. The van der Waals surface area contributed by atoms with E-state index in [2.05, 4.69) is 5.32 Å². The van der Waals surface area contributed by atoms with Gasteiger partial charge in [-0.25, -0.2) is 8.42 Å². The van der Waals surface area contributed by atoms with Gasteiger partial charge in [0, 0.05) is 44.1 Å². The highest BCUT2D eigenvalue weighted by molar-refractivity contribution is 7.89. The van der Waals surface area contributed by atoms with Crippen LogP contribution in [0.4, 0.5) is 11.4 Å². The van der Waals surface area contributed by atoms with Crippen molar-refractivity contribution in [3.63, 3.8) is 0 Å². The number of nitrogens with zero attached hydrogens (tertiary/aromatic N) is 2. The molecule has 8 heteroatoms. The van der Waals surface area contributed by atoms with E-state index in [0.717, 1.165) is 11.3 Å². The van der Waals surface area contributed by atoms with E-state index in [0.29, 0.717) is 43.1 Å². The predicted molar refractivity (Wildman–Crippen MR) is 114 cm³/mol. The van der Waals surface area contributed by atoms with E-state index in [-0.39, 0.29) is 10.8 Å². The summed E-state index contributed by atoms with van der Waals surface area (Å²) in [5.74, 6) is -0.335. The maximum absolute atomic E-state index is 12.9. The lowest BCUT2D eigenvalue weighted by Gasteiger charge is -2.26. The number of anilines is 2. The Kier molecular flexibility index (Phi) is 6.26. The summed E-state index contributed by atoms with van der Waals surface area (Å²) < 4.78 is 32.5. The van der Waals surface area contributed by atoms with Crippen molar-refractivity contribution >= 4 is 27.3 Å². The van der Waals surface area contributed by atoms with E-state index in [4.69, 9.17) is 4.74 Å². The Balaban J connectivity index is 1.86. The number of aryl methyl sites for hydroxylation is 2. The zero-order valence-corrected chi connectivity index (χ0v) is 18.0. The van der Waals surface area contributed by atoms with Crippen LogP contribution in [0.1, 0.15) is 21.5 Å². The lowest BCUT2D eigenvalue weighted by atomic mass is 10.1. The zero-order chi connectivity index (χ0) is 21.2. The minimum Gasteiger partial charge on any atom is -0.379 e. The van der Waals surface area contributed by atoms with Crippen molar-refractivity contribution in [1.82, 2.24) is 4.31 Å². The molecular formula is C21H27N3O4S. The van der Waals surface area contributed by atoms with E-state index in [1.165, 1.54) is 10.4 Å². The quantitative estimate of drug-likeness (QED) is 0.809. The number of ether oxygens (including phenoxy) is 1. The molecule has 1 aliphatic rings. The largest absolute Gasteiger partial charge is 0.379 e. The summed E-state index contributed by atoms with van der Waals surface area (Å²) in [6.45, 7) is 5.15. The van der Waals surface area contributed by atoms with Gasteiger partial charge in [0.15, 0.2) is 0 Å². The lowest BCUT2D eigenvalue weighted by molar-refractivity contribution is 0.0730. The molecule has 1 heterocycles. The summed E-state index contributed by atoms with van der Waals surface area (Å²) in [5.41, 5.74) is 3.82. The molecule has 2 aromatic carbocycles. The van der Waals surface area contributed by atoms with Crippen LogP contribution in [-0.2, 0) is 14.8 Å². The molecule has 2 aromatic rings. The minimum absolute atomic E-state index is 0.120. The van der Waals surface area contributed by atoms with Crippen molar-refractivity contribution in [2.75, 3.05) is 50.6 Å². The standard InChI is InChI=1S/C21H27N3O4S/c1-15-5-7-18(29(26,27)24-9-11-28-12-10-24)14-19(15)21(25)22-17-6-8-20(23(3)4)16(2)13-17/h5-8,13-14H,9-12H2,1-4H3,(H,22,25). The Labute approximate surface area is 172 Å². The normalized spacial score (nSPS) is 15.2. The SMILES string of the molecule is Cc1ccc(S(=O)(=O)N2CCOCC2)cc1C(=O)Nc1ccc(N(C)C)c(C)c1. The van der Waals surface area contributed by atoms with Gasteiger partial charge >= 0.3 is 0 Å². The molecule has 1 fully saturated rings. The zero-order valence-electron chi connectivity index (χ0n) is 17.2. The molecule has 0 saturated carbocycles. The molecule has 29 heavy (non-hydrogen) atoms. The van der Waals surface area contributed by atoms with Crippen LogP contribution in [0.2, 0.25) is 0 Å². The van der Waals surface area contributed by atoms with Gasteiger partial charge in [-0.2, -0.15) is 4.31 Å². The molecular weight excluding hydrogens is 390 g/mol. The fourth-order valence-corrected chi connectivity index (χ4v) is 4.81. The summed E-state index contributed by atoms with van der Waals surface area (Å²) in [4.78, 5) is 15.0. The summed E-state index contributed by atoms with van der Waals surface area (Å²) >= 11 is 0. The summed E-state index contributed by atoms with van der Waals surface area (Å²) in [5, 5.41) is 2.88. The van der Waals surface area contributed by atoms with E-state index >= 15 is 0 Å². The van der Waals surface area contributed by atoms with Gasteiger partial charge in [0.05, 0.1) is 18.1 Å². The molecule has 156 valence electrons. The number of nitrogens with one attached hydrogen (secondary N) is 1. The fraction of sp³-hybridized carbons (Fsp3) is 0.381. The van der Waals surface area contributed by atoms with Crippen molar-refractivity contribution in [3.8, 4) is 0 Å². The molecule has 0 atom stereocenters. The Morgan fingerprint density at radius 1 is 1.03 bits per heavy atom. The van der Waals surface area contributed by atoms with E-state index in [1.54, 1.807) is 19.1 Å². The van der Waals surface area contributed by atoms with Crippen LogP contribution in [-0.4, -0.2) is 59.0 Å². The number of hydrogen-bond donors (Lipinski definition) is 1. The number of hydrogen-bond acceptors (Lipinski definition) is 5. The van der Waals surface area contributed by atoms with Crippen LogP contribution in [0.3, 0.4) is 0 Å². The van der Waals surface area contributed by atoms with E-state index in [9.17, 15) is 13.2 Å². The maximum Gasteiger partial charge on any atom is 0.255 e. The first-order chi connectivity index (χ1) is 13.7. The van der Waals surface area contributed by atoms with Gasteiger partial charge in [-0.1, -0.05) is 6.07 Å². The first kappa shape index (κ1) is 21.3. The fourth-order valence-electron chi connectivity index (χ4n) is 3.38. The summed E-state index contributed by atoms with van der Waals surface area (Å²) in [6, 6.07) is 10.4. The number of carbonyl (C=O) groups is 1. The maximum atomic E-state index is 12.9. The van der Waals surface area contributed by atoms with E-state index in [1.807, 2.05) is 44.1 Å². The Morgan fingerprint density at radius 3 is 2.34 bits per heavy atom. The summed E-state index contributed by atoms with van der Waals surface area (Å²) in [7, 11) is 0.264. The number of sulfonamides is 1. The molecule has 1 aliphatic heterocycles. The molecule has 1 amide bonds. The third-order valence-corrected chi connectivity index (χ3v) is 6.89. The number of amides is 1. The molecule has 0 aromatic heterocycles. The first-order valence-electron chi connectivity index (χ1n) is 9.48. The van der Waals surface area contributed by atoms with Crippen molar-refractivity contribution in [3.05, 3.63) is 53.1 Å². The van der Waals surface area contributed by atoms with Crippen LogP contribution in [0.5, 0.6) is 0 Å². The number of benzene rings is 2. The minimum atomic E-state index is -3.66. The second kappa shape index (κ2) is 8.52. The van der Waals surface area contributed by atoms with Gasteiger partial charge in [-0.3, -0.25) is 4.79 Å². The van der Waals surface area contributed by atoms with E-state index < -0.39 is 10.0 Å². The second-order valence-corrected chi connectivity index (χ2v) is 9.28. The molecule has 3 rings (SSSR count). The highest BCUT2D eigenvalue weighted by atomic mass is 32.2. The Hall–Kier alpha value is -2.42. The van der Waals surface area contributed by atoms with Crippen molar-refractivity contribution in [1.29, 1.82) is 0 Å². The first-order valence-corrected chi connectivity index (χ1v) is 10.9. The topological polar surface area (TPSA) is 78.9 Å². The van der Waals surface area contributed by atoms with Crippen LogP contribution < -0.4 is 10.2 Å². The highest BCUT2D eigenvalue weighted by Crippen LogP contribution is 2.24. The van der Waals surface area contributed by atoms with Gasteiger partial charge in [0.1, 0.15) is 0 Å². The molecule has 0 radical (unpaired) electrons. The van der Waals surface area contributed by atoms with Crippen molar-refractivity contribution in [2.45, 2.75) is 18.7 Å². The van der Waals surface area contributed by atoms with Crippen molar-refractivity contribution in [2.24, 2.45) is 0 Å². The van der Waals surface area contributed by atoms with Crippen molar-refractivity contribution < 1.29 is 17.9 Å². The molecule has 1 saturated heterocycles. The lowest BCUT2D eigenvalue weighted by Crippen LogP contribution is -2.40. The third kappa shape index (κ3) is 4.60. The molecule has 1 N–H and O–H groups in total. The van der Waals surface area contributed by atoms with Gasteiger partial charge < -0.3 is 15.0 Å².